The number of halogens is 3. The molecule has 0 fully saturated rings. The smallest absolute Gasteiger partial charge is 0.150 e. The van der Waals surface area contributed by atoms with E-state index < -0.39 is 0 Å². The van der Waals surface area contributed by atoms with Crippen molar-refractivity contribution in [3.05, 3.63) is 50.3 Å². The van der Waals surface area contributed by atoms with E-state index in [-0.39, 0.29) is 5.82 Å². The summed E-state index contributed by atoms with van der Waals surface area (Å²) in [6.45, 7) is 0. The molecule has 1 N–H and O–H groups in total. The van der Waals surface area contributed by atoms with Crippen LogP contribution in [0, 0.1) is 9.39 Å². The average molecular weight is 405 g/mol. The average Bonchev–Trinajstić information content (AvgIpc) is 2.86. The Hall–Kier alpha value is -0.920. The van der Waals surface area contributed by atoms with Crippen molar-refractivity contribution in [3.8, 4) is 0 Å². The maximum Gasteiger partial charge on any atom is 0.150 e. The van der Waals surface area contributed by atoms with Gasteiger partial charge in [0.2, 0.25) is 0 Å². The summed E-state index contributed by atoms with van der Waals surface area (Å²) in [5, 5.41) is 3.86. The molecule has 3 rings (SSSR count). The van der Waals surface area contributed by atoms with Crippen LogP contribution >= 0.6 is 45.5 Å². The molecule has 0 aliphatic carbocycles. The number of hydrogen-bond donors (Lipinski definition) is 1. The normalized spacial score (nSPS) is 10.9. The van der Waals surface area contributed by atoms with E-state index in [1.165, 1.54) is 17.4 Å². The van der Waals surface area contributed by atoms with Crippen molar-refractivity contribution in [3.63, 3.8) is 0 Å². The van der Waals surface area contributed by atoms with Crippen LogP contribution in [0.25, 0.3) is 10.2 Å². The molecule has 0 saturated heterocycles. The van der Waals surface area contributed by atoms with Gasteiger partial charge in [0, 0.05) is 3.57 Å². The van der Waals surface area contributed by atoms with Gasteiger partial charge in [0.05, 0.1) is 26.6 Å². The highest BCUT2D eigenvalue weighted by Crippen LogP contribution is 2.33. The van der Waals surface area contributed by atoms with Crippen LogP contribution in [0.5, 0.6) is 0 Å². The van der Waals surface area contributed by atoms with Crippen molar-refractivity contribution in [1.82, 2.24) is 4.98 Å². The van der Waals surface area contributed by atoms with Gasteiger partial charge in [0.1, 0.15) is 11.3 Å². The maximum atomic E-state index is 13.6. The van der Waals surface area contributed by atoms with Gasteiger partial charge in [-0.1, -0.05) is 11.6 Å². The van der Waals surface area contributed by atoms with E-state index in [2.05, 4.69) is 32.9 Å². The predicted molar refractivity (Wildman–Crippen MR) is 87.0 cm³/mol. The second kappa shape index (κ2) is 5.22. The first-order chi connectivity index (χ1) is 9.15. The van der Waals surface area contributed by atoms with E-state index in [1.54, 1.807) is 11.6 Å². The van der Waals surface area contributed by atoms with Crippen LogP contribution in [-0.2, 0) is 0 Å². The van der Waals surface area contributed by atoms with Gasteiger partial charge in [-0.05, 0) is 52.9 Å². The minimum atomic E-state index is -0.310. The molecule has 0 unspecified atom stereocenters. The Morgan fingerprint density at radius 3 is 2.79 bits per heavy atom. The van der Waals surface area contributed by atoms with Gasteiger partial charge in [0.15, 0.2) is 0 Å². The Balaban J connectivity index is 2.06. The van der Waals surface area contributed by atoms with E-state index >= 15 is 0 Å². The molecule has 0 saturated carbocycles. The maximum absolute atomic E-state index is 13.6. The third kappa shape index (κ3) is 2.54. The van der Waals surface area contributed by atoms with Crippen molar-refractivity contribution in [1.29, 1.82) is 0 Å². The monoisotopic (exact) mass is 404 g/mol. The highest BCUT2D eigenvalue weighted by atomic mass is 127. The van der Waals surface area contributed by atoms with Gasteiger partial charge in [-0.2, -0.15) is 0 Å². The standard InChI is InChI=1S/C13H7ClFIN2S/c14-8-5-7(16)1-3-10(8)18-11-4-2-9(15)12-13(11)19-6-17-12/h1-6,18H. The fourth-order valence-corrected chi connectivity index (χ4v) is 3.43. The first-order valence-electron chi connectivity index (χ1n) is 5.39. The minimum absolute atomic E-state index is 0.310. The van der Waals surface area contributed by atoms with Crippen molar-refractivity contribution in [2.24, 2.45) is 0 Å². The van der Waals surface area contributed by atoms with E-state index in [4.69, 9.17) is 11.6 Å². The van der Waals surface area contributed by atoms with Crippen molar-refractivity contribution >= 4 is 67.1 Å². The lowest BCUT2D eigenvalue weighted by Gasteiger charge is -2.09. The van der Waals surface area contributed by atoms with E-state index in [0.717, 1.165) is 19.6 Å². The Bertz CT molecular complexity index is 759. The lowest BCUT2D eigenvalue weighted by atomic mass is 10.2. The third-order valence-corrected chi connectivity index (χ3v) is 4.48. The van der Waals surface area contributed by atoms with Crippen LogP contribution in [-0.4, -0.2) is 4.98 Å². The Morgan fingerprint density at radius 1 is 1.21 bits per heavy atom. The zero-order valence-electron chi connectivity index (χ0n) is 9.45. The third-order valence-electron chi connectivity index (χ3n) is 2.64. The molecule has 0 aliphatic rings. The zero-order valence-corrected chi connectivity index (χ0v) is 13.2. The van der Waals surface area contributed by atoms with Gasteiger partial charge in [-0.3, -0.25) is 0 Å². The molecule has 0 atom stereocenters. The van der Waals surface area contributed by atoms with Gasteiger partial charge in [-0.15, -0.1) is 11.3 Å². The second-order valence-electron chi connectivity index (χ2n) is 3.87. The Morgan fingerprint density at radius 2 is 2.00 bits per heavy atom. The second-order valence-corrected chi connectivity index (χ2v) is 6.38. The number of anilines is 2. The summed E-state index contributed by atoms with van der Waals surface area (Å²) >= 11 is 9.78. The fraction of sp³-hybridized carbons (Fsp3) is 0. The van der Waals surface area contributed by atoms with Crippen molar-refractivity contribution in [2.45, 2.75) is 0 Å². The molecule has 0 amide bonds. The van der Waals surface area contributed by atoms with Gasteiger partial charge < -0.3 is 5.32 Å². The van der Waals surface area contributed by atoms with Gasteiger partial charge in [0.25, 0.3) is 0 Å². The van der Waals surface area contributed by atoms with Crippen LogP contribution in [0.4, 0.5) is 15.8 Å². The summed E-state index contributed by atoms with van der Waals surface area (Å²) in [6.07, 6.45) is 0. The number of thiazole rings is 1. The SMILES string of the molecule is Fc1ccc(Nc2ccc(I)cc2Cl)c2scnc12. The number of nitrogens with one attached hydrogen (secondary N) is 1. The number of fused-ring (bicyclic) bond motifs is 1. The summed E-state index contributed by atoms with van der Waals surface area (Å²) in [7, 11) is 0. The number of aromatic nitrogens is 1. The molecular weight excluding hydrogens is 398 g/mol. The van der Waals surface area contributed by atoms with E-state index in [9.17, 15) is 4.39 Å². The Kier molecular flexibility index (Phi) is 3.60. The topological polar surface area (TPSA) is 24.9 Å². The first-order valence-corrected chi connectivity index (χ1v) is 7.72. The molecule has 1 aromatic heterocycles. The summed E-state index contributed by atoms with van der Waals surface area (Å²) in [4.78, 5) is 4.03. The largest absolute Gasteiger partial charge is 0.353 e. The fourth-order valence-electron chi connectivity index (χ4n) is 1.75. The first kappa shape index (κ1) is 13.1. The van der Waals surface area contributed by atoms with Crippen LogP contribution in [0.2, 0.25) is 5.02 Å². The van der Waals surface area contributed by atoms with Crippen LogP contribution < -0.4 is 5.32 Å². The van der Waals surface area contributed by atoms with Crippen LogP contribution in [0.15, 0.2) is 35.8 Å². The quantitative estimate of drug-likeness (QED) is 0.576. The van der Waals surface area contributed by atoms with Gasteiger partial charge >= 0.3 is 0 Å². The van der Waals surface area contributed by atoms with Crippen molar-refractivity contribution < 1.29 is 4.39 Å². The molecule has 2 nitrogen and oxygen atoms in total. The van der Waals surface area contributed by atoms with Crippen LogP contribution in [0.3, 0.4) is 0 Å². The lowest BCUT2D eigenvalue weighted by molar-refractivity contribution is 0.637. The zero-order chi connectivity index (χ0) is 13.4. The molecule has 1 heterocycles. The molecular formula is C13H7ClFIN2S. The summed E-state index contributed by atoms with van der Waals surface area (Å²) < 4.78 is 15.4. The lowest BCUT2D eigenvalue weighted by Crippen LogP contribution is -1.92. The van der Waals surface area contributed by atoms with Crippen molar-refractivity contribution in [2.75, 3.05) is 5.32 Å². The van der Waals surface area contributed by atoms with Gasteiger partial charge in [-0.25, -0.2) is 9.37 Å². The molecule has 3 aromatic rings. The highest BCUT2D eigenvalue weighted by Gasteiger charge is 2.10. The molecule has 19 heavy (non-hydrogen) atoms. The Labute approximate surface area is 131 Å². The molecule has 2 aromatic carbocycles. The molecule has 96 valence electrons. The van der Waals surface area contributed by atoms with E-state index in [1.807, 2.05) is 18.2 Å². The van der Waals surface area contributed by atoms with E-state index in [0.29, 0.717) is 10.5 Å². The summed E-state index contributed by atoms with van der Waals surface area (Å²) in [6, 6.07) is 8.84. The highest BCUT2D eigenvalue weighted by molar-refractivity contribution is 14.1. The number of nitrogens with zero attached hydrogens (tertiary/aromatic N) is 1. The summed E-state index contributed by atoms with van der Waals surface area (Å²) in [5.74, 6) is -0.310. The number of rotatable bonds is 2. The molecule has 0 aliphatic heterocycles. The van der Waals surface area contributed by atoms with Crippen LogP contribution in [0.1, 0.15) is 0 Å². The summed E-state index contributed by atoms with van der Waals surface area (Å²) in [5.41, 5.74) is 3.62. The molecule has 0 spiro atoms. The predicted octanol–water partition coefficient (Wildman–Crippen LogP) is 5.44. The minimum Gasteiger partial charge on any atom is -0.353 e. The number of benzene rings is 2. The molecule has 0 radical (unpaired) electrons. The number of hydrogen-bond acceptors (Lipinski definition) is 3. The molecule has 6 heteroatoms. The molecule has 0 bridgehead atoms.